The molecule has 0 aliphatic carbocycles. The fourth-order valence-corrected chi connectivity index (χ4v) is 1.96. The molecule has 104 valence electrons. The van der Waals surface area contributed by atoms with Gasteiger partial charge in [-0.1, -0.05) is 11.2 Å². The Morgan fingerprint density at radius 2 is 2.20 bits per heavy atom. The van der Waals surface area contributed by atoms with Crippen LogP contribution in [0.4, 0.5) is 5.69 Å². The van der Waals surface area contributed by atoms with Gasteiger partial charge in [-0.2, -0.15) is 0 Å². The zero-order chi connectivity index (χ0) is 14.4. The molecular weight excluding hydrogens is 254 g/mol. The summed E-state index contributed by atoms with van der Waals surface area (Å²) in [5.74, 6) is 0.0712. The fraction of sp³-hybridized carbons (Fsp3) is 0.214. The molecular formula is C14H17N5O. The van der Waals surface area contributed by atoms with Gasteiger partial charge in [0.25, 0.3) is 0 Å². The largest absolute Gasteiger partial charge is 0.409 e. The number of pyridine rings is 2. The minimum atomic E-state index is 0.0712. The standard InChI is InChI=1S/C14H17N5O/c1-2-19(10-11-5-3-4-7-17-11)13-9-16-8-6-12(13)14(15)18-20/h3-9,20H,2,10H2,1H3,(H2,15,18). The summed E-state index contributed by atoms with van der Waals surface area (Å²) in [7, 11) is 0. The smallest absolute Gasteiger partial charge is 0.172 e. The van der Waals surface area contributed by atoms with Crippen LogP contribution in [0.25, 0.3) is 0 Å². The minimum absolute atomic E-state index is 0.0712. The Kier molecular flexibility index (Phi) is 4.49. The van der Waals surface area contributed by atoms with Gasteiger partial charge in [0.15, 0.2) is 5.84 Å². The summed E-state index contributed by atoms with van der Waals surface area (Å²) in [6.07, 6.45) is 5.09. The van der Waals surface area contributed by atoms with E-state index in [1.54, 1.807) is 24.7 Å². The molecule has 0 unspecified atom stereocenters. The number of nitrogens with zero attached hydrogens (tertiary/aromatic N) is 4. The quantitative estimate of drug-likeness (QED) is 0.373. The lowest BCUT2D eigenvalue weighted by Gasteiger charge is -2.24. The van der Waals surface area contributed by atoms with Crippen molar-refractivity contribution in [1.29, 1.82) is 0 Å². The molecule has 20 heavy (non-hydrogen) atoms. The van der Waals surface area contributed by atoms with E-state index in [1.807, 2.05) is 25.1 Å². The molecule has 3 N–H and O–H groups in total. The predicted octanol–water partition coefficient (Wildman–Crippen LogP) is 1.60. The number of aromatic nitrogens is 2. The number of amidine groups is 1. The molecule has 2 aromatic rings. The number of rotatable bonds is 5. The van der Waals surface area contributed by atoms with E-state index in [1.165, 1.54) is 0 Å². The zero-order valence-corrected chi connectivity index (χ0v) is 11.3. The molecule has 0 fully saturated rings. The van der Waals surface area contributed by atoms with Crippen LogP contribution in [-0.4, -0.2) is 27.6 Å². The SMILES string of the molecule is CCN(Cc1ccccn1)c1cnccc1/C(N)=N/O. The first-order valence-corrected chi connectivity index (χ1v) is 6.33. The first-order valence-electron chi connectivity index (χ1n) is 6.33. The maximum Gasteiger partial charge on any atom is 0.172 e. The Morgan fingerprint density at radius 3 is 2.85 bits per heavy atom. The van der Waals surface area contributed by atoms with Gasteiger partial charge in [0.1, 0.15) is 0 Å². The Morgan fingerprint density at radius 1 is 1.35 bits per heavy atom. The lowest BCUT2D eigenvalue weighted by atomic mass is 10.2. The van der Waals surface area contributed by atoms with E-state index in [0.717, 1.165) is 17.9 Å². The summed E-state index contributed by atoms with van der Waals surface area (Å²) in [5.41, 5.74) is 8.13. The summed E-state index contributed by atoms with van der Waals surface area (Å²) in [4.78, 5) is 10.5. The summed E-state index contributed by atoms with van der Waals surface area (Å²) in [5, 5.41) is 11.9. The van der Waals surface area contributed by atoms with Gasteiger partial charge in [0.2, 0.25) is 0 Å². The normalized spacial score (nSPS) is 11.3. The van der Waals surface area contributed by atoms with E-state index in [0.29, 0.717) is 12.1 Å². The van der Waals surface area contributed by atoms with Crippen LogP contribution in [0.5, 0.6) is 0 Å². The highest BCUT2D eigenvalue weighted by atomic mass is 16.4. The van der Waals surface area contributed by atoms with E-state index < -0.39 is 0 Å². The second-order valence-electron chi connectivity index (χ2n) is 4.21. The van der Waals surface area contributed by atoms with Gasteiger partial charge >= 0.3 is 0 Å². The lowest BCUT2D eigenvalue weighted by Crippen LogP contribution is -2.26. The third-order valence-corrected chi connectivity index (χ3v) is 2.99. The second-order valence-corrected chi connectivity index (χ2v) is 4.21. The van der Waals surface area contributed by atoms with Crippen molar-refractivity contribution < 1.29 is 5.21 Å². The number of nitrogens with two attached hydrogens (primary N) is 1. The van der Waals surface area contributed by atoms with Gasteiger partial charge in [-0.05, 0) is 25.1 Å². The maximum absolute atomic E-state index is 8.87. The molecule has 2 aromatic heterocycles. The van der Waals surface area contributed by atoms with E-state index >= 15 is 0 Å². The highest BCUT2D eigenvalue weighted by molar-refractivity contribution is 6.01. The van der Waals surface area contributed by atoms with E-state index in [4.69, 9.17) is 10.9 Å². The Labute approximate surface area is 117 Å². The van der Waals surface area contributed by atoms with Crippen molar-refractivity contribution in [3.8, 4) is 0 Å². The summed E-state index contributed by atoms with van der Waals surface area (Å²) >= 11 is 0. The van der Waals surface area contributed by atoms with Crippen LogP contribution in [0, 0.1) is 0 Å². The van der Waals surface area contributed by atoms with E-state index in [2.05, 4.69) is 20.0 Å². The number of hydrogen-bond donors (Lipinski definition) is 2. The number of anilines is 1. The predicted molar refractivity (Wildman–Crippen MR) is 77.7 cm³/mol. The van der Waals surface area contributed by atoms with Crippen LogP contribution in [0.2, 0.25) is 0 Å². The Balaban J connectivity index is 2.33. The molecule has 6 heteroatoms. The summed E-state index contributed by atoms with van der Waals surface area (Å²) in [6.45, 7) is 3.43. The highest BCUT2D eigenvalue weighted by Gasteiger charge is 2.13. The molecule has 2 rings (SSSR count). The molecule has 0 atom stereocenters. The third-order valence-electron chi connectivity index (χ3n) is 2.99. The van der Waals surface area contributed by atoms with Crippen LogP contribution in [-0.2, 0) is 6.54 Å². The molecule has 0 aliphatic heterocycles. The average Bonchev–Trinajstić information content (AvgIpc) is 2.53. The van der Waals surface area contributed by atoms with Gasteiger partial charge < -0.3 is 15.8 Å². The molecule has 0 aliphatic rings. The van der Waals surface area contributed by atoms with Crippen LogP contribution in [0.15, 0.2) is 48.0 Å². The summed E-state index contributed by atoms with van der Waals surface area (Å²) < 4.78 is 0. The minimum Gasteiger partial charge on any atom is -0.409 e. The topological polar surface area (TPSA) is 87.6 Å². The first-order chi connectivity index (χ1) is 9.76. The Hall–Kier alpha value is -2.63. The van der Waals surface area contributed by atoms with Crippen molar-refractivity contribution in [2.45, 2.75) is 13.5 Å². The van der Waals surface area contributed by atoms with Crippen molar-refractivity contribution in [3.05, 3.63) is 54.1 Å². The lowest BCUT2D eigenvalue weighted by molar-refractivity contribution is 0.318. The van der Waals surface area contributed by atoms with E-state index in [9.17, 15) is 0 Å². The van der Waals surface area contributed by atoms with Crippen molar-refractivity contribution in [3.63, 3.8) is 0 Å². The molecule has 6 nitrogen and oxygen atoms in total. The van der Waals surface area contributed by atoms with Gasteiger partial charge in [0, 0.05) is 24.5 Å². The summed E-state index contributed by atoms with van der Waals surface area (Å²) in [6, 6.07) is 7.52. The molecule has 0 radical (unpaired) electrons. The van der Waals surface area contributed by atoms with Crippen LogP contribution >= 0.6 is 0 Å². The van der Waals surface area contributed by atoms with E-state index in [-0.39, 0.29) is 5.84 Å². The van der Waals surface area contributed by atoms with Crippen LogP contribution in [0.1, 0.15) is 18.2 Å². The fourth-order valence-electron chi connectivity index (χ4n) is 1.96. The average molecular weight is 271 g/mol. The molecule has 2 heterocycles. The van der Waals surface area contributed by atoms with Crippen LogP contribution in [0.3, 0.4) is 0 Å². The number of hydrogen-bond acceptors (Lipinski definition) is 5. The zero-order valence-electron chi connectivity index (χ0n) is 11.3. The van der Waals surface area contributed by atoms with Gasteiger partial charge in [-0.15, -0.1) is 0 Å². The first kappa shape index (κ1) is 13.8. The monoisotopic (exact) mass is 271 g/mol. The van der Waals surface area contributed by atoms with Gasteiger partial charge in [0.05, 0.1) is 24.1 Å². The molecule has 0 bridgehead atoms. The van der Waals surface area contributed by atoms with Crippen molar-refractivity contribution in [2.24, 2.45) is 10.9 Å². The Bertz CT molecular complexity index is 585. The van der Waals surface area contributed by atoms with Crippen molar-refractivity contribution >= 4 is 11.5 Å². The highest BCUT2D eigenvalue weighted by Crippen LogP contribution is 2.20. The van der Waals surface area contributed by atoms with Crippen molar-refractivity contribution in [2.75, 3.05) is 11.4 Å². The van der Waals surface area contributed by atoms with Gasteiger partial charge in [-0.25, -0.2) is 0 Å². The van der Waals surface area contributed by atoms with Gasteiger partial charge in [-0.3, -0.25) is 9.97 Å². The molecule has 0 spiro atoms. The van der Waals surface area contributed by atoms with Crippen molar-refractivity contribution in [1.82, 2.24) is 9.97 Å². The molecule has 0 saturated heterocycles. The molecule has 0 aromatic carbocycles. The molecule has 0 saturated carbocycles. The second kappa shape index (κ2) is 6.51. The third kappa shape index (κ3) is 3.03. The number of oxime groups is 1. The van der Waals surface area contributed by atoms with Crippen LogP contribution < -0.4 is 10.6 Å². The maximum atomic E-state index is 8.87. The molecule has 0 amide bonds.